The third kappa shape index (κ3) is 5.31. The van der Waals surface area contributed by atoms with Gasteiger partial charge >= 0.3 is 0 Å². The maximum Gasteiger partial charge on any atom is 0.276 e. The van der Waals surface area contributed by atoms with E-state index in [-0.39, 0.29) is 12.5 Å². The van der Waals surface area contributed by atoms with Crippen molar-refractivity contribution in [3.05, 3.63) is 29.8 Å². The first-order valence-electron chi connectivity index (χ1n) is 5.53. The summed E-state index contributed by atoms with van der Waals surface area (Å²) in [5, 5.41) is 3.04. The van der Waals surface area contributed by atoms with Crippen LogP contribution in [0, 0.1) is 0 Å². The Morgan fingerprint density at radius 1 is 1.17 bits per heavy atom. The molecule has 0 radical (unpaired) electrons. The van der Waals surface area contributed by atoms with E-state index in [1.807, 2.05) is 19.2 Å². The lowest BCUT2D eigenvalue weighted by Gasteiger charge is -2.08. The molecular weight excluding hydrogens is 234 g/mol. The first kappa shape index (κ1) is 14.0. The number of hydrogen-bond donors (Lipinski definition) is 3. The highest BCUT2D eigenvalue weighted by Gasteiger charge is 2.02. The molecule has 6 heteroatoms. The van der Waals surface area contributed by atoms with Gasteiger partial charge in [-0.25, -0.2) is 0 Å². The van der Waals surface area contributed by atoms with Crippen molar-refractivity contribution in [1.82, 2.24) is 16.2 Å². The Balaban J connectivity index is 2.34. The van der Waals surface area contributed by atoms with Gasteiger partial charge in [-0.2, -0.15) is 0 Å². The number of rotatable bonds is 5. The van der Waals surface area contributed by atoms with Crippen LogP contribution in [0.1, 0.15) is 12.5 Å². The van der Waals surface area contributed by atoms with Crippen LogP contribution in [-0.4, -0.2) is 25.5 Å². The van der Waals surface area contributed by atoms with E-state index in [1.165, 1.54) is 6.92 Å². The van der Waals surface area contributed by atoms with Crippen molar-refractivity contribution in [2.24, 2.45) is 0 Å². The molecule has 0 aliphatic carbocycles. The minimum absolute atomic E-state index is 0.147. The minimum atomic E-state index is -0.412. The zero-order chi connectivity index (χ0) is 13.4. The smallest absolute Gasteiger partial charge is 0.276 e. The molecule has 1 aromatic rings. The van der Waals surface area contributed by atoms with Crippen LogP contribution in [0.15, 0.2) is 24.3 Å². The van der Waals surface area contributed by atoms with Crippen LogP contribution in [-0.2, 0) is 16.1 Å². The van der Waals surface area contributed by atoms with Crippen molar-refractivity contribution < 1.29 is 14.3 Å². The predicted molar refractivity (Wildman–Crippen MR) is 66.7 cm³/mol. The first-order valence-corrected chi connectivity index (χ1v) is 5.53. The molecule has 0 saturated carbocycles. The van der Waals surface area contributed by atoms with E-state index < -0.39 is 5.91 Å². The van der Waals surface area contributed by atoms with Crippen LogP contribution in [0.5, 0.6) is 5.75 Å². The van der Waals surface area contributed by atoms with E-state index in [1.54, 1.807) is 12.1 Å². The highest BCUT2D eigenvalue weighted by atomic mass is 16.5. The Kier molecular flexibility index (Phi) is 5.66. The third-order valence-corrected chi connectivity index (χ3v) is 2.05. The Morgan fingerprint density at radius 2 is 1.83 bits per heavy atom. The summed E-state index contributed by atoms with van der Waals surface area (Å²) in [4.78, 5) is 21.8. The maximum atomic E-state index is 11.2. The van der Waals surface area contributed by atoms with E-state index in [0.29, 0.717) is 5.75 Å². The minimum Gasteiger partial charge on any atom is -0.484 e. The van der Waals surface area contributed by atoms with Gasteiger partial charge in [0.25, 0.3) is 5.91 Å². The number of carbonyl (C=O) groups is 2. The molecule has 0 heterocycles. The molecule has 1 aromatic carbocycles. The normalized spacial score (nSPS) is 9.67. The largest absolute Gasteiger partial charge is 0.484 e. The summed E-state index contributed by atoms with van der Waals surface area (Å²) in [7, 11) is 1.87. The van der Waals surface area contributed by atoms with Gasteiger partial charge in [0, 0.05) is 13.5 Å². The van der Waals surface area contributed by atoms with E-state index in [4.69, 9.17) is 4.74 Å². The summed E-state index contributed by atoms with van der Waals surface area (Å²) in [5.74, 6) is -0.142. The van der Waals surface area contributed by atoms with Gasteiger partial charge in [-0.15, -0.1) is 0 Å². The zero-order valence-electron chi connectivity index (χ0n) is 10.4. The Labute approximate surface area is 106 Å². The lowest BCUT2D eigenvalue weighted by molar-refractivity contribution is -0.129. The van der Waals surface area contributed by atoms with Crippen LogP contribution < -0.4 is 20.9 Å². The summed E-state index contributed by atoms with van der Waals surface area (Å²) < 4.78 is 5.25. The van der Waals surface area contributed by atoms with Gasteiger partial charge in [0.2, 0.25) is 5.91 Å². The van der Waals surface area contributed by atoms with Crippen LogP contribution in [0.25, 0.3) is 0 Å². The van der Waals surface area contributed by atoms with E-state index in [9.17, 15) is 9.59 Å². The van der Waals surface area contributed by atoms with Crippen molar-refractivity contribution in [3.8, 4) is 5.75 Å². The molecule has 6 nitrogen and oxygen atoms in total. The van der Waals surface area contributed by atoms with E-state index >= 15 is 0 Å². The first-order chi connectivity index (χ1) is 8.61. The monoisotopic (exact) mass is 251 g/mol. The van der Waals surface area contributed by atoms with E-state index in [2.05, 4.69) is 16.2 Å². The fourth-order valence-electron chi connectivity index (χ4n) is 1.25. The second-order valence-electron chi connectivity index (χ2n) is 3.69. The summed E-state index contributed by atoms with van der Waals surface area (Å²) in [6.45, 7) is 1.94. The number of hydrazine groups is 1. The van der Waals surface area contributed by atoms with Crippen LogP contribution in [0.2, 0.25) is 0 Å². The molecule has 0 spiro atoms. The molecule has 1 rings (SSSR count). The maximum absolute atomic E-state index is 11.2. The van der Waals surface area contributed by atoms with Gasteiger partial charge in [0.05, 0.1) is 0 Å². The molecule has 2 amide bonds. The molecule has 0 unspecified atom stereocenters. The van der Waals surface area contributed by atoms with Crippen molar-refractivity contribution in [2.75, 3.05) is 13.7 Å². The molecule has 0 aliphatic heterocycles. The summed E-state index contributed by atoms with van der Waals surface area (Å²) >= 11 is 0. The van der Waals surface area contributed by atoms with Crippen LogP contribution in [0.3, 0.4) is 0 Å². The fraction of sp³-hybridized carbons (Fsp3) is 0.333. The molecule has 0 aliphatic rings. The topological polar surface area (TPSA) is 79.5 Å². The van der Waals surface area contributed by atoms with Crippen molar-refractivity contribution >= 4 is 11.8 Å². The molecule has 0 fully saturated rings. The summed E-state index contributed by atoms with van der Waals surface area (Å²) in [6, 6.07) is 7.41. The van der Waals surface area contributed by atoms with Gasteiger partial charge in [-0.05, 0) is 24.7 Å². The number of ether oxygens (including phenoxy) is 1. The van der Waals surface area contributed by atoms with Gasteiger partial charge in [0.1, 0.15) is 5.75 Å². The number of nitrogens with one attached hydrogen (secondary N) is 3. The van der Waals surface area contributed by atoms with Crippen LogP contribution >= 0.6 is 0 Å². The van der Waals surface area contributed by atoms with E-state index in [0.717, 1.165) is 12.1 Å². The van der Waals surface area contributed by atoms with Gasteiger partial charge in [0.15, 0.2) is 6.61 Å². The van der Waals surface area contributed by atoms with Gasteiger partial charge in [-0.3, -0.25) is 20.4 Å². The summed E-state index contributed by atoms with van der Waals surface area (Å²) in [5.41, 5.74) is 5.52. The van der Waals surface area contributed by atoms with Gasteiger partial charge in [-0.1, -0.05) is 12.1 Å². The SMILES string of the molecule is CNCc1ccc(OCC(=O)NNC(C)=O)cc1. The highest BCUT2D eigenvalue weighted by molar-refractivity contribution is 5.81. The molecule has 0 atom stereocenters. The Morgan fingerprint density at radius 3 is 2.39 bits per heavy atom. The molecule has 3 N–H and O–H groups in total. The molecular formula is C12H17N3O3. The number of amides is 2. The average Bonchev–Trinajstić information content (AvgIpc) is 2.36. The second-order valence-corrected chi connectivity index (χ2v) is 3.69. The van der Waals surface area contributed by atoms with Crippen molar-refractivity contribution in [1.29, 1.82) is 0 Å². The number of carbonyl (C=O) groups excluding carboxylic acids is 2. The number of hydrogen-bond acceptors (Lipinski definition) is 4. The third-order valence-electron chi connectivity index (χ3n) is 2.05. The summed E-state index contributed by atoms with van der Waals surface area (Å²) in [6.07, 6.45) is 0. The second kappa shape index (κ2) is 7.29. The fourth-order valence-corrected chi connectivity index (χ4v) is 1.25. The van der Waals surface area contributed by atoms with Gasteiger partial charge < -0.3 is 10.1 Å². The van der Waals surface area contributed by atoms with Crippen LogP contribution in [0.4, 0.5) is 0 Å². The molecule has 0 bridgehead atoms. The zero-order valence-corrected chi connectivity index (χ0v) is 10.4. The number of benzene rings is 1. The molecule has 18 heavy (non-hydrogen) atoms. The lowest BCUT2D eigenvalue weighted by atomic mass is 10.2. The standard InChI is InChI=1S/C12H17N3O3/c1-9(16)14-15-12(17)8-18-11-5-3-10(4-6-11)7-13-2/h3-6,13H,7-8H2,1-2H3,(H,14,16)(H,15,17). The van der Waals surface area contributed by atoms with Crippen molar-refractivity contribution in [2.45, 2.75) is 13.5 Å². The molecule has 0 saturated heterocycles. The highest BCUT2D eigenvalue weighted by Crippen LogP contribution is 2.11. The quantitative estimate of drug-likeness (QED) is 0.641. The predicted octanol–water partition coefficient (Wildman–Crippen LogP) is -0.0479. The Bertz CT molecular complexity index is 404. The molecule has 0 aromatic heterocycles. The molecule has 98 valence electrons. The average molecular weight is 251 g/mol. The van der Waals surface area contributed by atoms with Crippen molar-refractivity contribution in [3.63, 3.8) is 0 Å². The lowest BCUT2D eigenvalue weighted by Crippen LogP contribution is -2.42. The Hall–Kier alpha value is -2.08.